The molecular weight excluding hydrogens is 242 g/mol. The van der Waals surface area contributed by atoms with Gasteiger partial charge in [0.25, 0.3) is 5.91 Å². The molecule has 3 heterocycles. The highest BCUT2D eigenvalue weighted by Crippen LogP contribution is 2.32. The normalized spacial score (nSPS) is 19.1. The Bertz CT molecular complexity index is 599. The Hall–Kier alpha value is -2.04. The predicted molar refractivity (Wildman–Crippen MR) is 69.7 cm³/mol. The van der Waals surface area contributed by atoms with Gasteiger partial charge >= 0.3 is 0 Å². The lowest BCUT2D eigenvalue weighted by Crippen LogP contribution is -2.30. The second-order valence-corrected chi connectivity index (χ2v) is 5.01. The number of rotatable bonds is 2. The molecule has 5 heteroatoms. The molecular formula is C14H17N3O2. The summed E-state index contributed by atoms with van der Waals surface area (Å²) in [6, 6.07) is 3.69. The molecule has 1 unspecified atom stereocenters. The Balaban J connectivity index is 1.85. The monoisotopic (exact) mass is 259 g/mol. The van der Waals surface area contributed by atoms with E-state index in [0.717, 1.165) is 30.7 Å². The van der Waals surface area contributed by atoms with Crippen LogP contribution in [0.15, 0.2) is 28.9 Å². The van der Waals surface area contributed by atoms with Crippen LogP contribution in [0.5, 0.6) is 0 Å². The van der Waals surface area contributed by atoms with Gasteiger partial charge in [0.1, 0.15) is 5.76 Å². The highest BCUT2D eigenvalue weighted by Gasteiger charge is 2.32. The fourth-order valence-corrected chi connectivity index (χ4v) is 2.66. The average Bonchev–Trinajstić information content (AvgIpc) is 3.07. The maximum Gasteiger partial charge on any atom is 0.290 e. The first kappa shape index (κ1) is 12.0. The first-order valence-electron chi connectivity index (χ1n) is 6.51. The maximum atomic E-state index is 12.5. The highest BCUT2D eigenvalue weighted by atomic mass is 16.3. The molecule has 0 N–H and O–H groups in total. The van der Waals surface area contributed by atoms with E-state index in [1.165, 1.54) is 0 Å². The first-order valence-corrected chi connectivity index (χ1v) is 6.51. The van der Waals surface area contributed by atoms with Gasteiger partial charge in [-0.2, -0.15) is 5.10 Å². The van der Waals surface area contributed by atoms with E-state index in [1.807, 2.05) is 37.3 Å². The van der Waals surface area contributed by atoms with Gasteiger partial charge in [-0.05, 0) is 31.9 Å². The summed E-state index contributed by atoms with van der Waals surface area (Å²) in [5.41, 5.74) is 1.09. The van der Waals surface area contributed by atoms with Crippen molar-refractivity contribution in [3.05, 3.63) is 41.6 Å². The van der Waals surface area contributed by atoms with Crippen LogP contribution in [-0.2, 0) is 7.05 Å². The van der Waals surface area contributed by atoms with Crippen molar-refractivity contribution in [1.29, 1.82) is 0 Å². The average molecular weight is 259 g/mol. The SMILES string of the molecule is Cc1ccc(C(=O)N2CCCC2c2cnn(C)c2)o1. The molecule has 0 spiro atoms. The van der Waals surface area contributed by atoms with Crippen LogP contribution in [0.3, 0.4) is 0 Å². The molecule has 0 saturated carbocycles. The topological polar surface area (TPSA) is 51.3 Å². The number of amides is 1. The second-order valence-electron chi connectivity index (χ2n) is 5.01. The summed E-state index contributed by atoms with van der Waals surface area (Å²) in [4.78, 5) is 14.3. The van der Waals surface area contributed by atoms with Crippen LogP contribution in [0.1, 0.15) is 40.8 Å². The zero-order valence-electron chi connectivity index (χ0n) is 11.2. The minimum atomic E-state index is -0.0283. The van der Waals surface area contributed by atoms with E-state index in [9.17, 15) is 4.79 Å². The molecule has 1 saturated heterocycles. The van der Waals surface area contributed by atoms with Gasteiger partial charge in [-0.3, -0.25) is 9.48 Å². The summed E-state index contributed by atoms with van der Waals surface area (Å²) < 4.78 is 7.21. The molecule has 0 bridgehead atoms. The van der Waals surface area contributed by atoms with Crippen molar-refractivity contribution in [2.75, 3.05) is 6.54 Å². The van der Waals surface area contributed by atoms with E-state index in [0.29, 0.717) is 5.76 Å². The van der Waals surface area contributed by atoms with E-state index in [2.05, 4.69) is 5.10 Å². The van der Waals surface area contributed by atoms with Crippen LogP contribution >= 0.6 is 0 Å². The van der Waals surface area contributed by atoms with Gasteiger partial charge in [-0.1, -0.05) is 0 Å². The highest BCUT2D eigenvalue weighted by molar-refractivity contribution is 5.92. The van der Waals surface area contributed by atoms with Gasteiger partial charge < -0.3 is 9.32 Å². The molecule has 2 aromatic rings. The van der Waals surface area contributed by atoms with Crippen LogP contribution in [0.25, 0.3) is 0 Å². The largest absolute Gasteiger partial charge is 0.456 e. The fourth-order valence-electron chi connectivity index (χ4n) is 2.66. The Morgan fingerprint density at radius 1 is 1.47 bits per heavy atom. The molecule has 1 atom stereocenters. The minimum absolute atomic E-state index is 0.0283. The van der Waals surface area contributed by atoms with Gasteiger partial charge in [0, 0.05) is 25.4 Å². The number of furan rings is 1. The molecule has 1 amide bonds. The molecule has 19 heavy (non-hydrogen) atoms. The van der Waals surface area contributed by atoms with Crippen LogP contribution in [0.4, 0.5) is 0 Å². The maximum absolute atomic E-state index is 12.5. The van der Waals surface area contributed by atoms with Crippen LogP contribution in [0.2, 0.25) is 0 Å². The summed E-state index contributed by atoms with van der Waals surface area (Å²) in [6.07, 6.45) is 5.81. The number of aromatic nitrogens is 2. The Labute approximate surface area is 111 Å². The zero-order chi connectivity index (χ0) is 13.4. The molecule has 0 radical (unpaired) electrons. The number of hydrogen-bond acceptors (Lipinski definition) is 3. The van der Waals surface area contributed by atoms with Gasteiger partial charge in [0.15, 0.2) is 5.76 Å². The lowest BCUT2D eigenvalue weighted by atomic mass is 10.1. The van der Waals surface area contributed by atoms with E-state index >= 15 is 0 Å². The van der Waals surface area contributed by atoms with Crippen molar-refractivity contribution < 1.29 is 9.21 Å². The van der Waals surface area contributed by atoms with Crippen molar-refractivity contribution in [2.45, 2.75) is 25.8 Å². The number of likely N-dealkylation sites (tertiary alicyclic amines) is 1. The first-order chi connectivity index (χ1) is 9.15. The van der Waals surface area contributed by atoms with E-state index in [1.54, 1.807) is 10.7 Å². The third kappa shape index (κ3) is 2.16. The standard InChI is InChI=1S/C14H17N3O2/c1-10-5-6-13(19-10)14(18)17-7-3-4-12(17)11-8-15-16(2)9-11/h5-6,8-9,12H,3-4,7H2,1-2H3. The number of carbonyl (C=O) groups excluding carboxylic acids is 1. The van der Waals surface area contributed by atoms with Gasteiger partial charge in [0.2, 0.25) is 0 Å². The fraction of sp³-hybridized carbons (Fsp3) is 0.429. The Kier molecular flexibility index (Phi) is 2.89. The third-order valence-electron chi connectivity index (χ3n) is 3.57. The van der Waals surface area contributed by atoms with Gasteiger partial charge in [0.05, 0.1) is 12.2 Å². The number of carbonyl (C=O) groups is 1. The molecule has 100 valence electrons. The summed E-state index contributed by atoms with van der Waals surface area (Å²) in [7, 11) is 1.89. The molecule has 0 aromatic carbocycles. The van der Waals surface area contributed by atoms with Gasteiger partial charge in [-0.15, -0.1) is 0 Å². The lowest BCUT2D eigenvalue weighted by Gasteiger charge is -2.22. The van der Waals surface area contributed by atoms with Crippen molar-refractivity contribution in [1.82, 2.24) is 14.7 Å². The van der Waals surface area contributed by atoms with Crippen molar-refractivity contribution >= 4 is 5.91 Å². The van der Waals surface area contributed by atoms with Crippen molar-refractivity contribution in [3.63, 3.8) is 0 Å². The zero-order valence-corrected chi connectivity index (χ0v) is 11.2. The smallest absolute Gasteiger partial charge is 0.290 e. The summed E-state index contributed by atoms with van der Waals surface area (Å²) >= 11 is 0. The quantitative estimate of drug-likeness (QED) is 0.831. The third-order valence-corrected chi connectivity index (χ3v) is 3.57. The van der Waals surface area contributed by atoms with Gasteiger partial charge in [-0.25, -0.2) is 0 Å². The summed E-state index contributed by atoms with van der Waals surface area (Å²) in [6.45, 7) is 2.62. The molecule has 1 fully saturated rings. The van der Waals surface area contributed by atoms with E-state index < -0.39 is 0 Å². The van der Waals surface area contributed by atoms with E-state index in [4.69, 9.17) is 4.42 Å². The van der Waals surface area contributed by atoms with Crippen molar-refractivity contribution in [3.8, 4) is 0 Å². The molecule has 2 aromatic heterocycles. The summed E-state index contributed by atoms with van der Waals surface area (Å²) in [5, 5.41) is 4.19. The predicted octanol–water partition coefficient (Wildman–Crippen LogP) is 2.30. The molecule has 0 aliphatic carbocycles. The number of hydrogen-bond donors (Lipinski definition) is 0. The Morgan fingerprint density at radius 2 is 2.32 bits per heavy atom. The van der Waals surface area contributed by atoms with Crippen LogP contribution < -0.4 is 0 Å². The van der Waals surface area contributed by atoms with Crippen LogP contribution in [0, 0.1) is 6.92 Å². The van der Waals surface area contributed by atoms with E-state index in [-0.39, 0.29) is 11.9 Å². The molecule has 1 aliphatic rings. The Morgan fingerprint density at radius 3 is 2.95 bits per heavy atom. The van der Waals surface area contributed by atoms with Crippen LogP contribution in [-0.4, -0.2) is 27.1 Å². The van der Waals surface area contributed by atoms with Crippen molar-refractivity contribution in [2.24, 2.45) is 7.05 Å². The lowest BCUT2D eigenvalue weighted by molar-refractivity contribution is 0.0702. The molecule has 5 nitrogen and oxygen atoms in total. The molecule has 1 aliphatic heterocycles. The number of nitrogens with zero attached hydrogens (tertiary/aromatic N) is 3. The summed E-state index contributed by atoms with van der Waals surface area (Å²) in [5.74, 6) is 1.16. The second kappa shape index (κ2) is 4.57. The molecule has 3 rings (SSSR count). The minimum Gasteiger partial charge on any atom is -0.456 e. The number of aryl methyl sites for hydroxylation is 2.